The van der Waals surface area contributed by atoms with E-state index in [-0.39, 0.29) is 11.2 Å². The van der Waals surface area contributed by atoms with Gasteiger partial charge in [-0.25, -0.2) is 14.8 Å². The Bertz CT molecular complexity index is 1040. The Kier molecular flexibility index (Phi) is 5.19. The molecule has 6 nitrogen and oxygen atoms in total. The number of carboxylic acid groups (broad SMARTS) is 1. The monoisotopic (exact) mass is 434 g/mol. The van der Waals surface area contributed by atoms with Gasteiger partial charge in [-0.1, -0.05) is 6.92 Å². The van der Waals surface area contributed by atoms with E-state index in [2.05, 4.69) is 16.0 Å². The van der Waals surface area contributed by atoms with Gasteiger partial charge in [-0.3, -0.25) is 0 Å². The summed E-state index contributed by atoms with van der Waals surface area (Å²) in [7, 11) is 1.58. The molecule has 2 aromatic rings. The van der Waals surface area contributed by atoms with Crippen LogP contribution < -0.4 is 4.74 Å². The number of carbonyl (C=O) groups is 1. The maximum absolute atomic E-state index is 11.1. The van der Waals surface area contributed by atoms with Crippen LogP contribution in [0.3, 0.4) is 0 Å². The van der Waals surface area contributed by atoms with Crippen LogP contribution in [0.25, 0.3) is 17.0 Å². The van der Waals surface area contributed by atoms with E-state index in [0.29, 0.717) is 29.1 Å². The summed E-state index contributed by atoms with van der Waals surface area (Å²) >= 11 is 0. The van der Waals surface area contributed by atoms with Crippen LogP contribution in [0.5, 0.6) is 11.5 Å². The van der Waals surface area contributed by atoms with Gasteiger partial charge >= 0.3 is 5.97 Å². The fourth-order valence-corrected chi connectivity index (χ4v) is 6.92. The second-order valence-corrected chi connectivity index (χ2v) is 9.93. The standard InChI is InChI=1S/C26H30N2O4/c1-3-18(9-23(29)30)20-13-27-25(28-14-20)19-7-21(24(31)22(8-19)32-2)26-10-15-4-16(11-26)6-17(5-15)12-26/h7-9,13-17,31H,3-6,10-12H2,1-2H3,(H,29,30)/b18-9+. The molecule has 1 heterocycles. The van der Waals surface area contributed by atoms with E-state index in [1.165, 1.54) is 25.3 Å². The number of phenolic OH excluding ortho intramolecular Hbond substituents is 1. The Balaban J connectivity index is 1.54. The van der Waals surface area contributed by atoms with Crippen LogP contribution in [-0.4, -0.2) is 33.3 Å². The van der Waals surface area contributed by atoms with Crippen molar-refractivity contribution in [3.8, 4) is 22.9 Å². The second-order valence-electron chi connectivity index (χ2n) is 9.93. The minimum absolute atomic E-state index is 0.0155. The van der Waals surface area contributed by atoms with Crippen molar-refractivity contribution in [2.24, 2.45) is 17.8 Å². The molecule has 0 atom stereocenters. The van der Waals surface area contributed by atoms with Gasteiger partial charge in [0, 0.05) is 35.2 Å². The van der Waals surface area contributed by atoms with Crippen LogP contribution >= 0.6 is 0 Å². The topological polar surface area (TPSA) is 92.5 Å². The molecular weight excluding hydrogens is 404 g/mol. The minimum Gasteiger partial charge on any atom is -0.504 e. The number of allylic oxidation sites excluding steroid dienone is 1. The third-order valence-electron chi connectivity index (χ3n) is 7.86. The van der Waals surface area contributed by atoms with Crippen molar-refractivity contribution in [1.29, 1.82) is 0 Å². The van der Waals surface area contributed by atoms with Crippen molar-refractivity contribution in [2.45, 2.75) is 57.3 Å². The molecule has 6 rings (SSSR count). The first-order valence-electron chi connectivity index (χ1n) is 11.6. The number of hydrogen-bond acceptors (Lipinski definition) is 5. The van der Waals surface area contributed by atoms with Crippen molar-refractivity contribution in [3.05, 3.63) is 41.7 Å². The summed E-state index contributed by atoms with van der Waals surface area (Å²) in [6.07, 6.45) is 12.6. The fourth-order valence-electron chi connectivity index (χ4n) is 6.92. The number of aromatic nitrogens is 2. The average molecular weight is 435 g/mol. The van der Waals surface area contributed by atoms with E-state index in [0.717, 1.165) is 48.1 Å². The number of methoxy groups -OCH3 is 1. The highest BCUT2D eigenvalue weighted by molar-refractivity contribution is 5.89. The van der Waals surface area contributed by atoms with E-state index in [9.17, 15) is 9.90 Å². The Morgan fingerprint density at radius 1 is 1.12 bits per heavy atom. The summed E-state index contributed by atoms with van der Waals surface area (Å²) in [5, 5.41) is 20.2. The lowest BCUT2D eigenvalue weighted by Gasteiger charge is -2.57. The first kappa shape index (κ1) is 21.0. The van der Waals surface area contributed by atoms with Gasteiger partial charge in [-0.2, -0.15) is 0 Å². The molecule has 0 saturated heterocycles. The molecule has 1 aromatic carbocycles. The highest BCUT2D eigenvalue weighted by Gasteiger charge is 2.52. The van der Waals surface area contributed by atoms with Gasteiger partial charge < -0.3 is 14.9 Å². The molecule has 0 radical (unpaired) electrons. The maximum Gasteiger partial charge on any atom is 0.328 e. The molecule has 4 aliphatic rings. The molecule has 4 fully saturated rings. The number of carboxylic acids is 1. The van der Waals surface area contributed by atoms with Gasteiger partial charge in [0.25, 0.3) is 0 Å². The Hall–Kier alpha value is -2.89. The largest absolute Gasteiger partial charge is 0.504 e. The van der Waals surface area contributed by atoms with E-state index in [4.69, 9.17) is 9.84 Å². The van der Waals surface area contributed by atoms with Gasteiger partial charge in [0.1, 0.15) is 0 Å². The summed E-state index contributed by atoms with van der Waals surface area (Å²) in [6, 6.07) is 3.86. The van der Waals surface area contributed by atoms with Crippen molar-refractivity contribution in [2.75, 3.05) is 7.11 Å². The molecule has 168 valence electrons. The van der Waals surface area contributed by atoms with Crippen LogP contribution in [0.1, 0.15) is 63.0 Å². The normalized spacial score (nSPS) is 28.7. The quantitative estimate of drug-likeness (QED) is 0.607. The number of phenols is 1. The molecule has 4 aliphatic carbocycles. The minimum atomic E-state index is -0.977. The van der Waals surface area contributed by atoms with Crippen LogP contribution in [0, 0.1) is 17.8 Å². The maximum atomic E-state index is 11.1. The summed E-state index contributed by atoms with van der Waals surface area (Å²) < 4.78 is 5.55. The molecule has 0 aliphatic heterocycles. The van der Waals surface area contributed by atoms with Crippen molar-refractivity contribution in [1.82, 2.24) is 9.97 Å². The zero-order valence-corrected chi connectivity index (χ0v) is 18.7. The lowest BCUT2D eigenvalue weighted by atomic mass is 9.48. The van der Waals surface area contributed by atoms with Crippen LogP contribution in [-0.2, 0) is 10.2 Å². The predicted molar refractivity (Wildman–Crippen MR) is 121 cm³/mol. The van der Waals surface area contributed by atoms with E-state index in [1.54, 1.807) is 25.6 Å². The van der Waals surface area contributed by atoms with E-state index < -0.39 is 5.97 Å². The average Bonchev–Trinajstić information content (AvgIpc) is 2.76. The van der Waals surface area contributed by atoms with Gasteiger partial charge in [0.2, 0.25) is 0 Å². The Labute approximate surface area is 188 Å². The zero-order valence-electron chi connectivity index (χ0n) is 18.7. The molecule has 6 heteroatoms. The van der Waals surface area contributed by atoms with Crippen LogP contribution in [0.15, 0.2) is 30.6 Å². The highest BCUT2D eigenvalue weighted by atomic mass is 16.5. The van der Waals surface area contributed by atoms with Crippen molar-refractivity contribution in [3.63, 3.8) is 0 Å². The molecule has 32 heavy (non-hydrogen) atoms. The molecular formula is C26H30N2O4. The first-order valence-corrected chi connectivity index (χ1v) is 11.6. The number of benzene rings is 1. The summed E-state index contributed by atoms with van der Waals surface area (Å²) in [5.41, 5.74) is 3.20. The summed E-state index contributed by atoms with van der Waals surface area (Å²) in [6.45, 7) is 1.91. The van der Waals surface area contributed by atoms with Gasteiger partial charge in [0.15, 0.2) is 17.3 Å². The molecule has 0 unspecified atom stereocenters. The molecule has 0 spiro atoms. The van der Waals surface area contributed by atoms with Gasteiger partial charge in [-0.05, 0) is 85.8 Å². The number of aliphatic carboxylic acids is 1. The smallest absolute Gasteiger partial charge is 0.328 e. The van der Waals surface area contributed by atoms with Gasteiger partial charge in [-0.15, -0.1) is 0 Å². The molecule has 4 bridgehead atoms. The molecule has 4 saturated carbocycles. The molecule has 2 N–H and O–H groups in total. The Morgan fingerprint density at radius 2 is 1.72 bits per heavy atom. The summed E-state index contributed by atoms with van der Waals surface area (Å²) in [5.74, 6) is 2.57. The SMILES string of the molecule is CC/C(=C\C(=O)O)c1cnc(-c2cc(OC)c(O)c(C34CC5CC(CC(C5)C3)C4)c2)nc1. The predicted octanol–water partition coefficient (Wildman–Crippen LogP) is 5.20. The van der Waals surface area contributed by atoms with Crippen LogP contribution in [0.2, 0.25) is 0 Å². The fraction of sp³-hybridized carbons (Fsp3) is 0.500. The first-order chi connectivity index (χ1) is 15.4. The molecule has 1 aromatic heterocycles. The van der Waals surface area contributed by atoms with E-state index in [1.807, 2.05) is 6.92 Å². The number of ether oxygens (including phenoxy) is 1. The van der Waals surface area contributed by atoms with Crippen molar-refractivity contribution >= 4 is 11.5 Å². The number of hydrogen-bond donors (Lipinski definition) is 2. The molecule has 0 amide bonds. The highest BCUT2D eigenvalue weighted by Crippen LogP contribution is 2.62. The lowest BCUT2D eigenvalue weighted by Crippen LogP contribution is -2.48. The zero-order chi connectivity index (χ0) is 22.5. The van der Waals surface area contributed by atoms with Crippen LogP contribution in [0.4, 0.5) is 0 Å². The number of rotatable bonds is 6. The summed E-state index contributed by atoms with van der Waals surface area (Å²) in [4.78, 5) is 20.1. The Morgan fingerprint density at radius 3 is 2.22 bits per heavy atom. The van der Waals surface area contributed by atoms with Crippen molar-refractivity contribution < 1.29 is 19.7 Å². The third-order valence-corrected chi connectivity index (χ3v) is 7.86. The van der Waals surface area contributed by atoms with Gasteiger partial charge in [0.05, 0.1) is 7.11 Å². The lowest BCUT2D eigenvalue weighted by molar-refractivity contribution is -0.131. The third kappa shape index (κ3) is 3.55. The van der Waals surface area contributed by atoms with E-state index >= 15 is 0 Å². The number of aromatic hydroxyl groups is 1. The number of nitrogens with zero attached hydrogens (tertiary/aromatic N) is 2. The second kappa shape index (κ2) is 7.91.